The van der Waals surface area contributed by atoms with Gasteiger partial charge in [0.15, 0.2) is 0 Å². The summed E-state index contributed by atoms with van der Waals surface area (Å²) >= 11 is 0. The first-order chi connectivity index (χ1) is 11.2. The Morgan fingerprint density at radius 2 is 1.26 bits per heavy atom. The molecule has 7 nitrogen and oxygen atoms in total. The van der Waals surface area contributed by atoms with Gasteiger partial charge in [-0.3, -0.25) is 0 Å². The van der Waals surface area contributed by atoms with Crippen LogP contribution in [0.25, 0.3) is 0 Å². The molecule has 0 aliphatic heterocycles. The summed E-state index contributed by atoms with van der Waals surface area (Å²) in [5.74, 6) is 0.532. The highest BCUT2D eigenvalue weighted by molar-refractivity contribution is 5.60. The van der Waals surface area contributed by atoms with Crippen LogP contribution in [0.3, 0.4) is 0 Å². The molecule has 0 amide bonds. The summed E-state index contributed by atoms with van der Waals surface area (Å²) in [5.41, 5.74) is 11.2. The number of rotatable bonds is 4. The van der Waals surface area contributed by atoms with E-state index in [9.17, 15) is 0 Å². The number of aliphatic imine (C=N–C) groups is 1. The van der Waals surface area contributed by atoms with E-state index in [1.807, 2.05) is 6.34 Å². The maximum atomic E-state index is 5.62. The molecule has 0 aromatic carbocycles. The van der Waals surface area contributed by atoms with Gasteiger partial charge in [-0.2, -0.15) is 15.0 Å². The molecule has 0 atom stereocenters. The Balaban J connectivity index is 1.77. The molecule has 1 aromatic heterocycles. The number of hydrogen-bond acceptors (Lipinski definition) is 6. The van der Waals surface area contributed by atoms with Gasteiger partial charge in [0, 0.05) is 12.1 Å². The minimum Gasteiger partial charge on any atom is -0.368 e. The second-order valence-electron chi connectivity index (χ2n) is 6.63. The Morgan fingerprint density at radius 3 is 1.74 bits per heavy atom. The van der Waals surface area contributed by atoms with Gasteiger partial charge in [-0.05, 0) is 25.7 Å². The summed E-state index contributed by atoms with van der Waals surface area (Å²) in [6.45, 7) is 0. The fourth-order valence-corrected chi connectivity index (χ4v) is 3.82. The van der Waals surface area contributed by atoms with Crippen LogP contribution in [0.15, 0.2) is 4.99 Å². The predicted octanol–water partition coefficient (Wildman–Crippen LogP) is 2.66. The highest BCUT2D eigenvalue weighted by Crippen LogP contribution is 2.29. The number of nitrogens with zero attached hydrogens (tertiary/aromatic N) is 5. The topological polar surface area (TPSA) is 106 Å². The first-order valence-corrected chi connectivity index (χ1v) is 8.81. The van der Waals surface area contributed by atoms with Gasteiger partial charge in [0.05, 0.1) is 6.34 Å². The third kappa shape index (κ3) is 4.30. The molecule has 1 aromatic rings. The van der Waals surface area contributed by atoms with E-state index in [-0.39, 0.29) is 11.9 Å². The first kappa shape index (κ1) is 16.0. The van der Waals surface area contributed by atoms with Crippen molar-refractivity contribution in [3.63, 3.8) is 0 Å². The molecule has 4 N–H and O–H groups in total. The molecule has 2 aliphatic rings. The molecule has 0 bridgehead atoms. The van der Waals surface area contributed by atoms with Gasteiger partial charge < -0.3 is 16.4 Å². The van der Waals surface area contributed by atoms with Crippen LogP contribution >= 0.6 is 0 Å². The first-order valence-electron chi connectivity index (χ1n) is 8.81. The van der Waals surface area contributed by atoms with Gasteiger partial charge in [-0.25, -0.2) is 4.99 Å². The number of nitrogens with two attached hydrogens (primary N) is 2. The molecular formula is C16H27N7. The van der Waals surface area contributed by atoms with Gasteiger partial charge in [0.1, 0.15) is 0 Å². The molecule has 0 saturated heterocycles. The molecule has 7 heteroatoms. The number of nitrogen functional groups attached to an aromatic ring is 2. The lowest BCUT2D eigenvalue weighted by atomic mass is 9.89. The molecular weight excluding hydrogens is 290 g/mol. The van der Waals surface area contributed by atoms with Crippen LogP contribution in [0.2, 0.25) is 0 Å². The van der Waals surface area contributed by atoms with Crippen molar-refractivity contribution in [3.8, 4) is 0 Å². The summed E-state index contributed by atoms with van der Waals surface area (Å²) < 4.78 is 0. The van der Waals surface area contributed by atoms with Crippen molar-refractivity contribution in [1.29, 1.82) is 0 Å². The smallest absolute Gasteiger partial charge is 0.257 e. The third-order valence-electron chi connectivity index (χ3n) is 4.96. The van der Waals surface area contributed by atoms with E-state index in [2.05, 4.69) is 24.8 Å². The number of hydrogen-bond donors (Lipinski definition) is 2. The van der Waals surface area contributed by atoms with Crippen molar-refractivity contribution in [3.05, 3.63) is 0 Å². The molecule has 3 rings (SSSR count). The Labute approximate surface area is 137 Å². The minimum atomic E-state index is 0.117. The van der Waals surface area contributed by atoms with Crippen molar-refractivity contribution < 1.29 is 0 Å². The van der Waals surface area contributed by atoms with E-state index < -0.39 is 0 Å². The molecule has 0 spiro atoms. The fraction of sp³-hybridized carbons (Fsp3) is 0.750. The minimum absolute atomic E-state index is 0.117. The van der Waals surface area contributed by atoms with E-state index in [0.717, 1.165) is 0 Å². The number of anilines is 2. The predicted molar refractivity (Wildman–Crippen MR) is 92.4 cm³/mol. The van der Waals surface area contributed by atoms with E-state index in [1.54, 1.807) is 0 Å². The average molecular weight is 317 g/mol. The molecule has 126 valence electrons. The second-order valence-corrected chi connectivity index (χ2v) is 6.63. The Hall–Kier alpha value is -1.92. The number of aromatic nitrogens is 3. The Morgan fingerprint density at radius 1 is 0.783 bits per heavy atom. The van der Waals surface area contributed by atoms with Crippen LogP contribution in [-0.2, 0) is 0 Å². The Kier molecular flexibility index (Phi) is 5.25. The van der Waals surface area contributed by atoms with Gasteiger partial charge in [-0.15, -0.1) is 0 Å². The van der Waals surface area contributed by atoms with Crippen molar-refractivity contribution in [2.45, 2.75) is 76.3 Å². The van der Waals surface area contributed by atoms with Crippen LogP contribution < -0.4 is 11.5 Å². The third-order valence-corrected chi connectivity index (χ3v) is 4.96. The zero-order valence-electron chi connectivity index (χ0n) is 13.7. The summed E-state index contributed by atoms with van der Waals surface area (Å²) in [5, 5.41) is 0. The molecule has 1 heterocycles. The molecule has 0 radical (unpaired) electrons. The SMILES string of the molecule is Nc1nc(N)nc(N=CN(C2CCCCC2)C2CCCCC2)n1. The fourth-order valence-electron chi connectivity index (χ4n) is 3.82. The van der Waals surface area contributed by atoms with E-state index >= 15 is 0 Å². The molecule has 23 heavy (non-hydrogen) atoms. The second kappa shape index (κ2) is 7.57. The van der Waals surface area contributed by atoms with Crippen LogP contribution in [0.1, 0.15) is 64.2 Å². The van der Waals surface area contributed by atoms with Crippen LogP contribution in [0.4, 0.5) is 17.8 Å². The lowest BCUT2D eigenvalue weighted by Gasteiger charge is -2.40. The van der Waals surface area contributed by atoms with Crippen LogP contribution in [0, 0.1) is 0 Å². The normalized spacial score (nSPS) is 20.9. The largest absolute Gasteiger partial charge is 0.368 e. The van der Waals surface area contributed by atoms with Gasteiger partial charge in [0.25, 0.3) is 5.95 Å². The van der Waals surface area contributed by atoms with Crippen molar-refractivity contribution >= 4 is 24.2 Å². The quantitative estimate of drug-likeness (QED) is 0.653. The maximum absolute atomic E-state index is 5.62. The van der Waals surface area contributed by atoms with Gasteiger partial charge >= 0.3 is 0 Å². The van der Waals surface area contributed by atoms with E-state index in [1.165, 1.54) is 64.2 Å². The average Bonchev–Trinajstić information content (AvgIpc) is 2.56. The lowest BCUT2D eigenvalue weighted by molar-refractivity contribution is 0.163. The van der Waals surface area contributed by atoms with E-state index in [4.69, 9.17) is 11.5 Å². The highest BCUT2D eigenvalue weighted by atomic mass is 15.3. The standard InChI is InChI=1S/C16H27N7/c17-14-20-15(18)22-16(21-14)19-11-23(12-7-3-1-4-8-12)13-9-5-2-6-10-13/h11-13H,1-10H2,(H4,17,18,20,21,22). The molecule has 2 aliphatic carbocycles. The monoisotopic (exact) mass is 317 g/mol. The summed E-state index contributed by atoms with van der Waals surface area (Å²) in [6, 6.07) is 1.18. The summed E-state index contributed by atoms with van der Waals surface area (Å²) in [4.78, 5) is 18.8. The maximum Gasteiger partial charge on any atom is 0.257 e. The molecule has 2 fully saturated rings. The van der Waals surface area contributed by atoms with Crippen molar-refractivity contribution in [2.24, 2.45) is 4.99 Å². The van der Waals surface area contributed by atoms with Crippen LogP contribution in [0.5, 0.6) is 0 Å². The summed E-state index contributed by atoms with van der Waals surface area (Å²) in [7, 11) is 0. The van der Waals surface area contributed by atoms with E-state index in [0.29, 0.717) is 18.0 Å². The van der Waals surface area contributed by atoms with Crippen molar-refractivity contribution in [2.75, 3.05) is 11.5 Å². The molecule has 0 unspecified atom stereocenters. The van der Waals surface area contributed by atoms with Crippen LogP contribution in [-0.4, -0.2) is 38.3 Å². The molecule has 2 saturated carbocycles. The highest BCUT2D eigenvalue weighted by Gasteiger charge is 2.26. The lowest BCUT2D eigenvalue weighted by Crippen LogP contribution is -2.44. The van der Waals surface area contributed by atoms with Gasteiger partial charge in [0.2, 0.25) is 11.9 Å². The Bertz CT molecular complexity index is 495. The van der Waals surface area contributed by atoms with Gasteiger partial charge in [-0.1, -0.05) is 38.5 Å². The summed E-state index contributed by atoms with van der Waals surface area (Å²) in [6.07, 6.45) is 14.9. The van der Waals surface area contributed by atoms with Crippen molar-refractivity contribution in [1.82, 2.24) is 19.9 Å². The zero-order valence-corrected chi connectivity index (χ0v) is 13.7. The zero-order chi connectivity index (χ0) is 16.1.